The van der Waals surface area contributed by atoms with Crippen molar-refractivity contribution in [3.8, 4) is 0 Å². The van der Waals surface area contributed by atoms with Gasteiger partial charge in [0, 0.05) is 22.3 Å². The molecule has 1 atom stereocenters. The van der Waals surface area contributed by atoms with Crippen LogP contribution in [0.4, 0.5) is 22.0 Å². The van der Waals surface area contributed by atoms with Crippen LogP contribution < -0.4 is 0 Å². The summed E-state index contributed by atoms with van der Waals surface area (Å²) in [5, 5.41) is 3.34. The third-order valence-corrected chi connectivity index (χ3v) is 8.64. The van der Waals surface area contributed by atoms with Gasteiger partial charge >= 0.3 is 6.18 Å². The summed E-state index contributed by atoms with van der Waals surface area (Å²) in [4.78, 5) is 22.5. The van der Waals surface area contributed by atoms with Gasteiger partial charge in [-0.3, -0.25) is 18.9 Å². The van der Waals surface area contributed by atoms with Gasteiger partial charge in [0.1, 0.15) is 5.82 Å². The van der Waals surface area contributed by atoms with Gasteiger partial charge in [-0.1, -0.05) is 16.8 Å². The Morgan fingerprint density at radius 2 is 1.89 bits per heavy atom. The van der Waals surface area contributed by atoms with Crippen LogP contribution in [0.15, 0.2) is 41.7 Å². The predicted octanol–water partition coefficient (Wildman–Crippen LogP) is 4.84. The van der Waals surface area contributed by atoms with Crippen molar-refractivity contribution in [1.82, 2.24) is 9.88 Å². The lowest BCUT2D eigenvalue weighted by atomic mass is 9.86. The SMILES string of the molecule is O=C(C1CS(O)(O)C1)N1CC(F)(c2ccc(C3=NOC(c4cc(F)cc(Cl)c4)(C(F)(F)F)C3)cn2)C1. The number of carbonyl (C=O) groups is 1. The second kappa shape index (κ2) is 8.27. The molecule has 0 radical (unpaired) electrons. The Morgan fingerprint density at radius 3 is 2.44 bits per heavy atom. The van der Waals surface area contributed by atoms with Crippen LogP contribution in [0.1, 0.15) is 23.2 Å². The molecular weight excluding hydrogens is 533 g/mol. The maximum absolute atomic E-state index is 15.3. The molecule has 2 fully saturated rings. The summed E-state index contributed by atoms with van der Waals surface area (Å²) in [6.07, 6.45) is -4.57. The van der Waals surface area contributed by atoms with E-state index in [9.17, 15) is 31.5 Å². The molecule has 36 heavy (non-hydrogen) atoms. The summed E-state index contributed by atoms with van der Waals surface area (Å²) >= 11 is 5.75. The minimum Gasteiger partial charge on any atom is -0.374 e. The largest absolute Gasteiger partial charge is 0.435 e. The molecule has 1 unspecified atom stereocenters. The van der Waals surface area contributed by atoms with Crippen LogP contribution in [0.25, 0.3) is 0 Å². The zero-order chi connectivity index (χ0) is 26.1. The standard InChI is InChI=1S/C22H19ClF5N3O4S/c23-15-3-14(4-16(24)5-15)21(22(26,27)28)6-17(30-35-21)12-1-2-18(29-7-12)20(25)10-31(11-20)19(32)13-8-36(33,34)9-13/h1-5,7,13,33-34H,6,8-11H2. The summed E-state index contributed by atoms with van der Waals surface area (Å²) in [5.74, 6) is -1.92. The molecule has 2 aromatic rings. The molecule has 7 nitrogen and oxygen atoms in total. The third kappa shape index (κ3) is 4.21. The number of benzene rings is 1. The number of likely N-dealkylation sites (tertiary alicyclic amines) is 1. The van der Waals surface area contributed by atoms with E-state index in [0.29, 0.717) is 6.07 Å². The van der Waals surface area contributed by atoms with Gasteiger partial charge in [-0.2, -0.15) is 23.8 Å². The van der Waals surface area contributed by atoms with Gasteiger partial charge in [-0.15, -0.1) is 0 Å². The third-order valence-electron chi connectivity index (χ3n) is 6.55. The Bertz CT molecular complexity index is 1220. The van der Waals surface area contributed by atoms with Gasteiger partial charge < -0.3 is 9.74 Å². The van der Waals surface area contributed by atoms with Crippen LogP contribution >= 0.6 is 22.2 Å². The smallest absolute Gasteiger partial charge is 0.374 e. The molecule has 3 aliphatic rings. The molecular formula is C22H19ClF5N3O4S. The summed E-state index contributed by atoms with van der Waals surface area (Å²) in [5.41, 5.74) is -5.41. The van der Waals surface area contributed by atoms with Gasteiger partial charge in [-0.05, 0) is 30.3 Å². The Morgan fingerprint density at radius 1 is 1.19 bits per heavy atom. The Balaban J connectivity index is 1.29. The first-order chi connectivity index (χ1) is 16.7. The van der Waals surface area contributed by atoms with Crippen LogP contribution in [-0.4, -0.2) is 61.4 Å². The van der Waals surface area contributed by atoms with Crippen molar-refractivity contribution in [2.24, 2.45) is 11.1 Å². The number of nitrogens with zero attached hydrogens (tertiary/aromatic N) is 3. The molecule has 0 bridgehead atoms. The highest BCUT2D eigenvalue weighted by molar-refractivity contribution is 8.25. The number of aromatic nitrogens is 1. The number of hydrogen-bond donors (Lipinski definition) is 2. The van der Waals surface area contributed by atoms with Gasteiger partial charge in [0.25, 0.3) is 5.60 Å². The Hall–Kier alpha value is -2.48. The summed E-state index contributed by atoms with van der Waals surface area (Å²) in [7, 11) is -2.70. The molecule has 4 heterocycles. The van der Waals surface area contributed by atoms with Crippen molar-refractivity contribution in [2.45, 2.75) is 23.9 Å². The fourth-order valence-corrected chi connectivity index (χ4v) is 6.25. The van der Waals surface area contributed by atoms with E-state index >= 15 is 4.39 Å². The summed E-state index contributed by atoms with van der Waals surface area (Å²) in [6.45, 7) is -0.537. The van der Waals surface area contributed by atoms with Crippen molar-refractivity contribution in [2.75, 3.05) is 24.6 Å². The van der Waals surface area contributed by atoms with Gasteiger partial charge in [-0.25, -0.2) is 8.78 Å². The lowest BCUT2D eigenvalue weighted by Crippen LogP contribution is -2.62. The quantitative estimate of drug-likeness (QED) is 0.530. The first-order valence-corrected chi connectivity index (χ1v) is 12.9. The fraction of sp³-hybridized carbons (Fsp3) is 0.409. The number of pyridine rings is 1. The molecule has 0 saturated carbocycles. The molecule has 2 saturated heterocycles. The maximum Gasteiger partial charge on any atom is 0.435 e. The predicted molar refractivity (Wildman–Crippen MR) is 121 cm³/mol. The fourth-order valence-electron chi connectivity index (χ4n) is 4.55. The minimum atomic E-state index is -4.96. The van der Waals surface area contributed by atoms with E-state index in [1.807, 2.05) is 0 Å². The average Bonchev–Trinajstić information content (AvgIpc) is 3.21. The number of hydrogen-bond acceptors (Lipinski definition) is 6. The van der Waals surface area contributed by atoms with E-state index in [0.717, 1.165) is 18.3 Å². The van der Waals surface area contributed by atoms with Crippen LogP contribution in [-0.2, 0) is 20.9 Å². The Labute approximate surface area is 208 Å². The van der Waals surface area contributed by atoms with Crippen molar-refractivity contribution < 1.29 is 40.7 Å². The highest BCUT2D eigenvalue weighted by Crippen LogP contribution is 2.53. The van der Waals surface area contributed by atoms with E-state index in [4.69, 9.17) is 16.4 Å². The minimum absolute atomic E-state index is 0.00768. The molecule has 0 spiro atoms. The number of oxime groups is 1. The highest BCUT2D eigenvalue weighted by atomic mass is 35.5. The second-order valence-corrected chi connectivity index (χ2v) is 11.9. The van der Waals surface area contributed by atoms with Crippen LogP contribution in [0, 0.1) is 11.7 Å². The number of amides is 1. The molecule has 2 N–H and O–H groups in total. The van der Waals surface area contributed by atoms with E-state index in [-0.39, 0.29) is 52.5 Å². The zero-order valence-corrected chi connectivity index (χ0v) is 19.9. The highest BCUT2D eigenvalue weighted by Gasteiger charge is 2.62. The van der Waals surface area contributed by atoms with Gasteiger partial charge in [0.15, 0.2) is 5.67 Å². The van der Waals surface area contributed by atoms with E-state index < -0.39 is 51.8 Å². The maximum atomic E-state index is 15.3. The van der Waals surface area contributed by atoms with Crippen LogP contribution in [0.3, 0.4) is 0 Å². The average molecular weight is 552 g/mol. The number of carbonyl (C=O) groups excluding carboxylic acids is 1. The van der Waals surface area contributed by atoms with Crippen molar-refractivity contribution in [1.29, 1.82) is 0 Å². The second-order valence-electron chi connectivity index (χ2n) is 9.21. The molecule has 3 aliphatic heterocycles. The first kappa shape index (κ1) is 25.2. The van der Waals surface area contributed by atoms with E-state index in [2.05, 4.69) is 10.1 Å². The summed E-state index contributed by atoms with van der Waals surface area (Å²) in [6, 6.07) is 5.16. The number of rotatable bonds is 4. The van der Waals surface area contributed by atoms with E-state index in [1.54, 1.807) is 0 Å². The lowest BCUT2D eigenvalue weighted by molar-refractivity contribution is -0.275. The number of alkyl halides is 4. The normalized spacial score (nSPS) is 25.9. The zero-order valence-electron chi connectivity index (χ0n) is 18.3. The van der Waals surface area contributed by atoms with Gasteiger partial charge in [0.05, 0.1) is 48.3 Å². The molecule has 194 valence electrons. The monoisotopic (exact) mass is 551 g/mol. The van der Waals surface area contributed by atoms with E-state index in [1.165, 1.54) is 17.0 Å². The lowest BCUT2D eigenvalue weighted by Gasteiger charge is -2.51. The first-order valence-electron chi connectivity index (χ1n) is 10.7. The van der Waals surface area contributed by atoms with Crippen molar-refractivity contribution in [3.05, 3.63) is 64.2 Å². The number of halogens is 6. The topological polar surface area (TPSA) is 95.2 Å². The molecule has 0 aliphatic carbocycles. The molecule has 14 heteroatoms. The molecule has 1 aromatic heterocycles. The van der Waals surface area contributed by atoms with Crippen molar-refractivity contribution >= 4 is 33.8 Å². The van der Waals surface area contributed by atoms with Crippen LogP contribution in [0.2, 0.25) is 5.02 Å². The van der Waals surface area contributed by atoms with Crippen LogP contribution in [0.5, 0.6) is 0 Å². The van der Waals surface area contributed by atoms with Crippen molar-refractivity contribution in [3.63, 3.8) is 0 Å². The molecule has 1 aromatic carbocycles. The molecule has 5 rings (SSSR count). The molecule has 1 amide bonds. The summed E-state index contributed by atoms with van der Waals surface area (Å²) < 4.78 is 90.2. The Kier molecular flexibility index (Phi) is 5.78. The van der Waals surface area contributed by atoms with Gasteiger partial charge in [0.2, 0.25) is 5.91 Å².